The number of hydrogen-bond acceptors (Lipinski definition) is 2. The van der Waals surface area contributed by atoms with Crippen LogP contribution in [-0.4, -0.2) is 12.6 Å². The van der Waals surface area contributed by atoms with Crippen molar-refractivity contribution < 1.29 is 9.53 Å². The summed E-state index contributed by atoms with van der Waals surface area (Å²) >= 11 is 0. The summed E-state index contributed by atoms with van der Waals surface area (Å²) in [6.07, 6.45) is 2.05. The standard InChI is InChI=1S/C6H12O2.H3P/c1-3-4-5-8-6(2)7;/h3-5H2,1-2H3;1H3/p+1. The van der Waals surface area contributed by atoms with Crippen molar-refractivity contribution >= 4 is 15.9 Å². The molecule has 0 spiro atoms. The van der Waals surface area contributed by atoms with E-state index in [2.05, 4.69) is 11.7 Å². The second kappa shape index (κ2) is 7.90. The Morgan fingerprint density at radius 1 is 1.56 bits per heavy atom. The maximum atomic E-state index is 10.1. The van der Waals surface area contributed by atoms with Gasteiger partial charge in [-0.2, -0.15) is 0 Å². The lowest BCUT2D eigenvalue weighted by molar-refractivity contribution is -0.141. The summed E-state index contributed by atoms with van der Waals surface area (Å²) in [4.78, 5) is 10.1. The molecule has 0 aliphatic carbocycles. The second-order valence-corrected chi connectivity index (χ2v) is 1.69. The molecule has 0 bridgehead atoms. The van der Waals surface area contributed by atoms with Gasteiger partial charge in [0.1, 0.15) is 0 Å². The summed E-state index contributed by atoms with van der Waals surface area (Å²) in [5.41, 5.74) is 0. The van der Waals surface area contributed by atoms with Crippen LogP contribution in [0.5, 0.6) is 0 Å². The lowest BCUT2D eigenvalue weighted by Crippen LogP contribution is -1.99. The molecule has 9 heavy (non-hydrogen) atoms. The van der Waals surface area contributed by atoms with Crippen LogP contribution in [0.25, 0.3) is 0 Å². The molecule has 0 rings (SSSR count). The Hall–Kier alpha value is -0.100. The Bertz CT molecular complexity index is 73.5. The average Bonchev–Trinajstić information content (AvgIpc) is 1.66. The Morgan fingerprint density at radius 3 is 2.44 bits per heavy atom. The summed E-state index contributed by atoms with van der Waals surface area (Å²) in [6.45, 7) is 4.06. The molecule has 0 aromatic heterocycles. The zero-order valence-corrected chi connectivity index (χ0v) is 8.44. The molecule has 0 aliphatic heterocycles. The van der Waals surface area contributed by atoms with Crippen molar-refractivity contribution in [3.05, 3.63) is 0 Å². The molecule has 0 aromatic rings. The van der Waals surface area contributed by atoms with Crippen molar-refractivity contribution in [3.63, 3.8) is 0 Å². The van der Waals surface area contributed by atoms with Crippen LogP contribution in [0.15, 0.2) is 0 Å². The van der Waals surface area contributed by atoms with Gasteiger partial charge < -0.3 is 4.74 Å². The summed E-state index contributed by atoms with van der Waals surface area (Å²) in [6, 6.07) is 0. The van der Waals surface area contributed by atoms with Crippen LogP contribution < -0.4 is 0 Å². The lowest BCUT2D eigenvalue weighted by Gasteiger charge is -1.96. The van der Waals surface area contributed by atoms with Crippen molar-refractivity contribution in [2.75, 3.05) is 6.61 Å². The minimum Gasteiger partial charge on any atom is -0.466 e. The topological polar surface area (TPSA) is 26.3 Å². The fourth-order valence-corrected chi connectivity index (χ4v) is 0.360. The number of esters is 1. The van der Waals surface area contributed by atoms with E-state index in [1.54, 1.807) is 0 Å². The van der Waals surface area contributed by atoms with Crippen molar-refractivity contribution in [3.8, 4) is 0 Å². The van der Waals surface area contributed by atoms with Crippen LogP contribution in [-0.2, 0) is 9.53 Å². The van der Waals surface area contributed by atoms with Crippen LogP contribution in [0.4, 0.5) is 0 Å². The van der Waals surface area contributed by atoms with E-state index >= 15 is 0 Å². The van der Waals surface area contributed by atoms with Gasteiger partial charge in [0.05, 0.1) is 6.61 Å². The van der Waals surface area contributed by atoms with Crippen LogP contribution in [0.3, 0.4) is 0 Å². The van der Waals surface area contributed by atoms with Crippen LogP contribution >= 0.6 is 9.90 Å². The van der Waals surface area contributed by atoms with Gasteiger partial charge in [-0.05, 0) is 16.3 Å². The molecule has 0 fully saturated rings. The van der Waals surface area contributed by atoms with Gasteiger partial charge in [-0.25, -0.2) is 0 Å². The van der Waals surface area contributed by atoms with Gasteiger partial charge in [0.25, 0.3) is 0 Å². The minimum absolute atomic E-state index is 0. The fourth-order valence-electron chi connectivity index (χ4n) is 0.360. The number of ether oxygens (including phenoxy) is 1. The quantitative estimate of drug-likeness (QED) is 0.343. The van der Waals surface area contributed by atoms with Gasteiger partial charge >= 0.3 is 5.97 Å². The SMILES string of the molecule is CCCCOC(C)=O.[PH4+]. The monoisotopic (exact) mass is 151 g/mol. The third-order valence-electron chi connectivity index (χ3n) is 0.803. The molecule has 2 nitrogen and oxygen atoms in total. The number of carbonyl (C=O) groups excluding carboxylic acids is 1. The van der Waals surface area contributed by atoms with E-state index in [0.717, 1.165) is 12.8 Å². The smallest absolute Gasteiger partial charge is 0.302 e. The van der Waals surface area contributed by atoms with E-state index in [1.807, 2.05) is 0 Å². The van der Waals surface area contributed by atoms with Crippen LogP contribution in [0.1, 0.15) is 26.7 Å². The van der Waals surface area contributed by atoms with Gasteiger partial charge in [-0.1, -0.05) is 13.3 Å². The number of unbranched alkanes of at least 4 members (excludes halogenated alkanes) is 1. The van der Waals surface area contributed by atoms with E-state index in [1.165, 1.54) is 6.92 Å². The highest BCUT2D eigenvalue weighted by Gasteiger charge is 1.88. The van der Waals surface area contributed by atoms with Crippen molar-refractivity contribution in [1.82, 2.24) is 0 Å². The predicted octanol–water partition coefficient (Wildman–Crippen LogP) is 1.14. The molecule has 1 unspecified atom stereocenters. The highest BCUT2D eigenvalue weighted by Crippen LogP contribution is 1.86. The molecule has 0 saturated heterocycles. The molecule has 0 aromatic carbocycles. The highest BCUT2D eigenvalue weighted by atomic mass is 31.0. The lowest BCUT2D eigenvalue weighted by atomic mass is 10.4. The Morgan fingerprint density at radius 2 is 2.11 bits per heavy atom. The first-order valence-corrected chi connectivity index (χ1v) is 2.90. The third-order valence-corrected chi connectivity index (χ3v) is 0.803. The summed E-state index contributed by atoms with van der Waals surface area (Å²) in [7, 11) is 0. The largest absolute Gasteiger partial charge is 0.466 e. The molecule has 0 amide bonds. The van der Waals surface area contributed by atoms with Crippen molar-refractivity contribution in [2.45, 2.75) is 26.7 Å². The zero-order valence-electron chi connectivity index (χ0n) is 6.44. The van der Waals surface area contributed by atoms with E-state index < -0.39 is 0 Å². The molecule has 0 aliphatic rings. The maximum absolute atomic E-state index is 10.1. The van der Waals surface area contributed by atoms with Gasteiger partial charge in [-0.3, -0.25) is 4.79 Å². The molecule has 56 valence electrons. The summed E-state index contributed by atoms with van der Waals surface area (Å²) in [5.74, 6) is -0.182. The van der Waals surface area contributed by atoms with Gasteiger partial charge in [0, 0.05) is 6.92 Å². The Kier molecular flexibility index (Phi) is 10.2. The molecular formula is C6H16O2P+. The van der Waals surface area contributed by atoms with E-state index in [0.29, 0.717) is 6.61 Å². The molecule has 0 heterocycles. The van der Waals surface area contributed by atoms with Crippen molar-refractivity contribution in [2.24, 2.45) is 0 Å². The molecule has 0 N–H and O–H groups in total. The van der Waals surface area contributed by atoms with Gasteiger partial charge in [0.15, 0.2) is 0 Å². The maximum Gasteiger partial charge on any atom is 0.302 e. The van der Waals surface area contributed by atoms with Crippen LogP contribution in [0, 0.1) is 0 Å². The molecule has 0 radical (unpaired) electrons. The highest BCUT2D eigenvalue weighted by molar-refractivity contribution is 6.92. The first kappa shape index (κ1) is 11.7. The normalized spacial score (nSPS) is 7.78. The number of hydrogen-bond donors (Lipinski definition) is 0. The first-order chi connectivity index (χ1) is 3.77. The second-order valence-electron chi connectivity index (χ2n) is 1.69. The molecular weight excluding hydrogens is 135 g/mol. The summed E-state index contributed by atoms with van der Waals surface area (Å²) in [5, 5.41) is 0. The zero-order chi connectivity index (χ0) is 6.41. The number of rotatable bonds is 3. The fraction of sp³-hybridized carbons (Fsp3) is 0.833. The van der Waals surface area contributed by atoms with E-state index in [-0.39, 0.29) is 15.9 Å². The Labute approximate surface area is 59.6 Å². The molecule has 1 atom stereocenters. The average molecular weight is 151 g/mol. The molecule has 3 heteroatoms. The first-order valence-electron chi connectivity index (χ1n) is 2.90. The van der Waals surface area contributed by atoms with E-state index in [9.17, 15) is 4.79 Å². The minimum atomic E-state index is -0.182. The van der Waals surface area contributed by atoms with Crippen molar-refractivity contribution in [1.29, 1.82) is 0 Å². The number of carbonyl (C=O) groups is 1. The van der Waals surface area contributed by atoms with Gasteiger partial charge in [-0.15, -0.1) is 0 Å². The summed E-state index contributed by atoms with van der Waals surface area (Å²) < 4.78 is 4.64. The predicted molar refractivity (Wildman–Crippen MR) is 44.0 cm³/mol. The van der Waals surface area contributed by atoms with E-state index in [4.69, 9.17) is 0 Å². The molecule has 0 saturated carbocycles. The Balaban J connectivity index is 0. The van der Waals surface area contributed by atoms with Gasteiger partial charge in [0.2, 0.25) is 0 Å². The van der Waals surface area contributed by atoms with Crippen LogP contribution in [0.2, 0.25) is 0 Å². The third kappa shape index (κ3) is 11.5.